The van der Waals surface area contributed by atoms with E-state index in [0.29, 0.717) is 17.2 Å². The summed E-state index contributed by atoms with van der Waals surface area (Å²) >= 11 is 0.795. The second-order valence-electron chi connectivity index (χ2n) is 4.63. The summed E-state index contributed by atoms with van der Waals surface area (Å²) in [5.74, 6) is 0.332. The molecule has 134 valence electrons. The molecule has 2 aromatic rings. The number of hydrogen-bond acceptors (Lipinski definition) is 6. The highest BCUT2D eigenvalue weighted by molar-refractivity contribution is 7.99. The molecule has 10 heteroatoms. The Morgan fingerprint density at radius 3 is 2.64 bits per heavy atom. The minimum absolute atomic E-state index is 0.136. The first-order chi connectivity index (χ1) is 11.8. The summed E-state index contributed by atoms with van der Waals surface area (Å²) in [5, 5.41) is 2.47. The fourth-order valence-electron chi connectivity index (χ4n) is 1.80. The highest BCUT2D eigenvalue weighted by Gasteiger charge is 2.32. The Kier molecular flexibility index (Phi) is 6.07. The standard InChI is InChI=1S/C15H14F3N3O3S/c1-23-9-3-4-11(24-2)10(7-9)20-13(22)8-25-14-19-6-5-12(21-14)15(16,17)18/h3-7H,8H2,1-2H3,(H,20,22). The predicted octanol–water partition coefficient (Wildman–Crippen LogP) is 3.24. The number of benzene rings is 1. The molecule has 0 aliphatic carbocycles. The molecule has 0 unspecified atom stereocenters. The van der Waals surface area contributed by atoms with Crippen molar-refractivity contribution >= 4 is 23.4 Å². The molecular formula is C15H14F3N3O3S. The van der Waals surface area contributed by atoms with E-state index < -0.39 is 17.8 Å². The second-order valence-corrected chi connectivity index (χ2v) is 5.57. The van der Waals surface area contributed by atoms with Crippen molar-refractivity contribution in [3.63, 3.8) is 0 Å². The number of nitrogens with one attached hydrogen (secondary N) is 1. The quantitative estimate of drug-likeness (QED) is 0.619. The molecule has 0 aliphatic rings. The van der Waals surface area contributed by atoms with Gasteiger partial charge in [0.15, 0.2) is 5.16 Å². The summed E-state index contributed by atoms with van der Waals surface area (Å²) in [7, 11) is 2.93. The van der Waals surface area contributed by atoms with Crippen LogP contribution in [0.2, 0.25) is 0 Å². The molecule has 0 fully saturated rings. The van der Waals surface area contributed by atoms with Crippen molar-refractivity contribution in [1.82, 2.24) is 9.97 Å². The molecule has 1 heterocycles. The van der Waals surface area contributed by atoms with E-state index in [-0.39, 0.29) is 10.9 Å². The summed E-state index contributed by atoms with van der Waals surface area (Å²) in [6, 6.07) is 5.63. The topological polar surface area (TPSA) is 73.3 Å². The maximum Gasteiger partial charge on any atom is 0.433 e. The molecule has 25 heavy (non-hydrogen) atoms. The lowest BCUT2D eigenvalue weighted by Gasteiger charge is -2.11. The van der Waals surface area contributed by atoms with Gasteiger partial charge in [-0.25, -0.2) is 9.97 Å². The average molecular weight is 373 g/mol. The van der Waals surface area contributed by atoms with Crippen LogP contribution in [0.15, 0.2) is 35.6 Å². The van der Waals surface area contributed by atoms with E-state index in [1.165, 1.54) is 14.2 Å². The van der Waals surface area contributed by atoms with Crippen LogP contribution in [0.4, 0.5) is 18.9 Å². The number of anilines is 1. The highest BCUT2D eigenvalue weighted by Crippen LogP contribution is 2.30. The molecule has 0 saturated carbocycles. The van der Waals surface area contributed by atoms with Crippen LogP contribution in [0.5, 0.6) is 11.5 Å². The number of amides is 1. The lowest BCUT2D eigenvalue weighted by Crippen LogP contribution is -2.15. The van der Waals surface area contributed by atoms with Crippen LogP contribution in [0.25, 0.3) is 0 Å². The Hall–Kier alpha value is -2.49. The van der Waals surface area contributed by atoms with Crippen LogP contribution >= 0.6 is 11.8 Å². The molecule has 1 amide bonds. The number of carbonyl (C=O) groups excluding carboxylic acids is 1. The van der Waals surface area contributed by atoms with E-state index in [4.69, 9.17) is 9.47 Å². The molecule has 2 rings (SSSR count). The highest BCUT2D eigenvalue weighted by atomic mass is 32.2. The number of hydrogen-bond donors (Lipinski definition) is 1. The van der Waals surface area contributed by atoms with Crippen LogP contribution in [-0.2, 0) is 11.0 Å². The van der Waals surface area contributed by atoms with Gasteiger partial charge in [0.1, 0.15) is 17.2 Å². The molecule has 1 aromatic heterocycles. The van der Waals surface area contributed by atoms with Crippen LogP contribution in [0.3, 0.4) is 0 Å². The minimum atomic E-state index is -4.56. The van der Waals surface area contributed by atoms with Crippen molar-refractivity contribution in [3.8, 4) is 11.5 Å². The van der Waals surface area contributed by atoms with Gasteiger partial charge >= 0.3 is 6.18 Å². The van der Waals surface area contributed by atoms with Crippen LogP contribution in [0.1, 0.15) is 5.69 Å². The largest absolute Gasteiger partial charge is 0.497 e. The average Bonchev–Trinajstić information content (AvgIpc) is 2.59. The Labute approximate surface area is 145 Å². The smallest absolute Gasteiger partial charge is 0.433 e. The van der Waals surface area contributed by atoms with Crippen LogP contribution < -0.4 is 14.8 Å². The zero-order valence-electron chi connectivity index (χ0n) is 13.3. The van der Waals surface area contributed by atoms with Gasteiger partial charge in [-0.1, -0.05) is 11.8 Å². The molecular weight excluding hydrogens is 359 g/mol. The van der Waals surface area contributed by atoms with Crippen LogP contribution in [0, 0.1) is 0 Å². The molecule has 0 bridgehead atoms. The maximum atomic E-state index is 12.6. The van der Waals surface area contributed by atoms with E-state index in [0.717, 1.165) is 24.0 Å². The molecule has 1 aromatic carbocycles. The number of rotatable bonds is 6. The molecule has 0 aliphatic heterocycles. The zero-order chi connectivity index (χ0) is 18.4. The summed E-state index contributed by atoms with van der Waals surface area (Å²) in [6.45, 7) is 0. The Morgan fingerprint density at radius 1 is 1.24 bits per heavy atom. The number of halogens is 3. The normalized spacial score (nSPS) is 11.1. The Morgan fingerprint density at radius 2 is 2.00 bits per heavy atom. The number of ether oxygens (including phenoxy) is 2. The van der Waals surface area contributed by atoms with E-state index >= 15 is 0 Å². The molecule has 0 atom stereocenters. The number of carbonyl (C=O) groups is 1. The van der Waals surface area contributed by atoms with Gasteiger partial charge in [0.25, 0.3) is 0 Å². The van der Waals surface area contributed by atoms with Gasteiger partial charge in [0.2, 0.25) is 5.91 Å². The maximum absolute atomic E-state index is 12.6. The third-order valence-corrected chi connectivity index (χ3v) is 3.80. The number of nitrogens with zero attached hydrogens (tertiary/aromatic N) is 2. The van der Waals surface area contributed by atoms with E-state index in [9.17, 15) is 18.0 Å². The van der Waals surface area contributed by atoms with Gasteiger partial charge in [0, 0.05) is 12.3 Å². The first kappa shape index (κ1) is 18.8. The van der Waals surface area contributed by atoms with E-state index in [1.54, 1.807) is 18.2 Å². The van der Waals surface area contributed by atoms with Gasteiger partial charge in [-0.05, 0) is 18.2 Å². The van der Waals surface area contributed by atoms with Gasteiger partial charge in [-0.2, -0.15) is 13.2 Å². The molecule has 0 radical (unpaired) electrons. The number of methoxy groups -OCH3 is 2. The monoisotopic (exact) mass is 373 g/mol. The summed E-state index contributed by atoms with van der Waals surface area (Å²) in [4.78, 5) is 19.1. The van der Waals surface area contributed by atoms with Crippen LogP contribution in [-0.4, -0.2) is 35.8 Å². The first-order valence-corrected chi connectivity index (χ1v) is 7.87. The molecule has 1 N–H and O–H groups in total. The lowest BCUT2D eigenvalue weighted by atomic mass is 10.2. The summed E-state index contributed by atoms with van der Waals surface area (Å²) in [6.07, 6.45) is -3.56. The van der Waals surface area contributed by atoms with Gasteiger partial charge in [-0.3, -0.25) is 4.79 Å². The number of aromatic nitrogens is 2. The van der Waals surface area contributed by atoms with Crippen molar-refractivity contribution in [2.75, 3.05) is 25.3 Å². The fourth-order valence-corrected chi connectivity index (χ4v) is 2.43. The number of thioether (sulfide) groups is 1. The van der Waals surface area contributed by atoms with Gasteiger partial charge in [-0.15, -0.1) is 0 Å². The minimum Gasteiger partial charge on any atom is -0.497 e. The van der Waals surface area contributed by atoms with E-state index in [2.05, 4.69) is 15.3 Å². The molecule has 0 spiro atoms. The van der Waals surface area contributed by atoms with Crippen molar-refractivity contribution in [1.29, 1.82) is 0 Å². The fraction of sp³-hybridized carbons (Fsp3) is 0.267. The van der Waals surface area contributed by atoms with Gasteiger partial charge in [0.05, 0.1) is 25.7 Å². The lowest BCUT2D eigenvalue weighted by molar-refractivity contribution is -0.141. The van der Waals surface area contributed by atoms with Crippen molar-refractivity contribution in [2.24, 2.45) is 0 Å². The first-order valence-electron chi connectivity index (χ1n) is 6.88. The van der Waals surface area contributed by atoms with E-state index in [1.807, 2.05) is 0 Å². The predicted molar refractivity (Wildman–Crippen MR) is 85.9 cm³/mol. The van der Waals surface area contributed by atoms with Gasteiger partial charge < -0.3 is 14.8 Å². The third kappa shape index (κ3) is 5.24. The third-order valence-electron chi connectivity index (χ3n) is 2.94. The Balaban J connectivity index is 2.02. The number of alkyl halides is 3. The molecule has 6 nitrogen and oxygen atoms in total. The van der Waals surface area contributed by atoms with Crippen molar-refractivity contribution in [3.05, 3.63) is 36.2 Å². The zero-order valence-corrected chi connectivity index (χ0v) is 14.1. The summed E-state index contributed by atoms with van der Waals surface area (Å²) in [5.41, 5.74) is -0.669. The summed E-state index contributed by atoms with van der Waals surface area (Å²) < 4.78 is 48.0. The Bertz CT molecular complexity index is 756. The van der Waals surface area contributed by atoms with Crippen molar-refractivity contribution in [2.45, 2.75) is 11.3 Å². The second kappa shape index (κ2) is 8.06. The van der Waals surface area contributed by atoms with Crippen molar-refractivity contribution < 1.29 is 27.4 Å². The SMILES string of the molecule is COc1ccc(OC)c(NC(=O)CSc2nccc(C(F)(F)F)n2)c1. The molecule has 0 saturated heterocycles.